The Balaban J connectivity index is 2.64. The Hall–Kier alpha value is -1.76. The van der Waals surface area contributed by atoms with Gasteiger partial charge in [-0.3, -0.25) is 0 Å². The maximum Gasteiger partial charge on any atom is -0.0343 e. The predicted molar refractivity (Wildman–Crippen MR) is 54.8 cm³/mol. The number of benzene rings is 2. The zero-order valence-electron chi connectivity index (χ0n) is 7.07. The zero-order valence-corrected chi connectivity index (χ0v) is 7.07. The summed E-state index contributed by atoms with van der Waals surface area (Å²) >= 11 is 0. The average molecular weight is 166 g/mol. The molecule has 0 saturated heterocycles. The minimum absolute atomic E-state index is 1.09. The lowest BCUT2D eigenvalue weighted by atomic mass is 10.2. The van der Waals surface area contributed by atoms with E-state index in [1.165, 1.54) is 10.8 Å². The number of hydrogen-bond donors (Lipinski definition) is 0. The molecule has 3 aromatic rings. The number of hydrogen-bond acceptors (Lipinski definition) is 0. The smallest absolute Gasteiger partial charge is 0.0343 e. The molecule has 1 aromatic heterocycles. The van der Waals surface area contributed by atoms with Crippen molar-refractivity contribution in [2.45, 2.75) is 0 Å². The van der Waals surface area contributed by atoms with Gasteiger partial charge in [0.2, 0.25) is 0 Å². The van der Waals surface area contributed by atoms with E-state index in [-0.39, 0.29) is 0 Å². The van der Waals surface area contributed by atoms with Crippen molar-refractivity contribution in [2.24, 2.45) is 0 Å². The Bertz CT molecular complexity index is 513. The van der Waals surface area contributed by atoms with Crippen LogP contribution in [0.3, 0.4) is 0 Å². The van der Waals surface area contributed by atoms with E-state index in [1.807, 2.05) is 12.1 Å². The lowest BCUT2D eigenvalue weighted by Crippen LogP contribution is -1.67. The quantitative estimate of drug-likeness (QED) is 0.500. The molecule has 0 unspecified atom stereocenters. The number of fused-ring (bicyclic) bond motifs is 3. The van der Waals surface area contributed by atoms with Gasteiger partial charge in [0.05, 0.1) is 0 Å². The fourth-order valence-corrected chi connectivity index (χ4v) is 1.73. The van der Waals surface area contributed by atoms with Crippen LogP contribution in [0.15, 0.2) is 48.5 Å². The fourth-order valence-electron chi connectivity index (χ4n) is 1.73. The van der Waals surface area contributed by atoms with E-state index in [1.54, 1.807) is 0 Å². The summed E-state index contributed by atoms with van der Waals surface area (Å²) in [5.74, 6) is 0. The molecule has 0 spiro atoms. The zero-order chi connectivity index (χ0) is 8.67. The molecule has 0 aliphatic heterocycles. The summed E-state index contributed by atoms with van der Waals surface area (Å²) in [6, 6.07) is 16.5. The van der Waals surface area contributed by atoms with Crippen molar-refractivity contribution in [3.63, 3.8) is 0 Å². The van der Waals surface area contributed by atoms with Gasteiger partial charge in [-0.1, -0.05) is 48.5 Å². The molecule has 62 valence electrons. The first-order chi connectivity index (χ1) is 6.45. The van der Waals surface area contributed by atoms with Crippen molar-refractivity contribution in [1.29, 1.82) is 0 Å². The molecule has 0 aliphatic rings. The first-order valence-corrected chi connectivity index (χ1v) is 4.35. The van der Waals surface area contributed by atoms with Crippen molar-refractivity contribution in [1.82, 2.24) is 4.98 Å². The molecule has 0 saturated carbocycles. The van der Waals surface area contributed by atoms with Gasteiger partial charge in [0.25, 0.3) is 0 Å². The van der Waals surface area contributed by atoms with Crippen LogP contribution in [0.2, 0.25) is 0 Å². The highest BCUT2D eigenvalue weighted by Gasteiger charge is 1.91. The van der Waals surface area contributed by atoms with Gasteiger partial charge in [-0.15, -0.1) is 11.0 Å². The highest BCUT2D eigenvalue weighted by Crippen LogP contribution is 2.23. The van der Waals surface area contributed by atoms with Gasteiger partial charge in [0.15, 0.2) is 0 Å². The Kier molecular flexibility index (Phi) is 1.22. The Morgan fingerprint density at radius 1 is 0.615 bits per heavy atom. The SMILES string of the molecule is c1ccc2c(c1)[n-]c1ccccc12. The lowest BCUT2D eigenvalue weighted by molar-refractivity contribution is 1.50. The molecule has 1 heterocycles. The fraction of sp³-hybridized carbons (Fsp3) is 0. The topological polar surface area (TPSA) is 14.1 Å². The van der Waals surface area contributed by atoms with Gasteiger partial charge in [-0.25, -0.2) is 0 Å². The van der Waals surface area contributed by atoms with Crippen LogP contribution in [0, 0.1) is 0 Å². The summed E-state index contributed by atoms with van der Waals surface area (Å²) in [5.41, 5.74) is 2.17. The van der Waals surface area contributed by atoms with Crippen LogP contribution < -0.4 is 4.98 Å². The molecular formula is C12H8N-. The first-order valence-electron chi connectivity index (χ1n) is 4.35. The number of aromatic nitrogens is 1. The summed E-state index contributed by atoms with van der Waals surface area (Å²) < 4.78 is 0. The molecule has 2 aromatic carbocycles. The highest BCUT2D eigenvalue weighted by atomic mass is 14.7. The molecule has 0 fully saturated rings. The van der Waals surface area contributed by atoms with Crippen molar-refractivity contribution in [2.75, 3.05) is 0 Å². The van der Waals surface area contributed by atoms with Crippen LogP contribution in [0.1, 0.15) is 0 Å². The minimum atomic E-state index is 1.09. The van der Waals surface area contributed by atoms with E-state index in [2.05, 4.69) is 41.4 Å². The number of rotatable bonds is 0. The van der Waals surface area contributed by atoms with Crippen LogP contribution in [0.4, 0.5) is 0 Å². The van der Waals surface area contributed by atoms with E-state index >= 15 is 0 Å². The summed E-state index contributed by atoms with van der Waals surface area (Å²) in [6.45, 7) is 0. The van der Waals surface area contributed by atoms with Crippen molar-refractivity contribution in [3.8, 4) is 0 Å². The minimum Gasteiger partial charge on any atom is -0.657 e. The van der Waals surface area contributed by atoms with Crippen LogP contribution in [-0.4, -0.2) is 0 Å². The molecule has 0 bridgehead atoms. The van der Waals surface area contributed by atoms with Crippen LogP contribution in [-0.2, 0) is 0 Å². The normalized spacial score (nSPS) is 11.1. The highest BCUT2D eigenvalue weighted by molar-refractivity contribution is 6.06. The summed E-state index contributed by atoms with van der Waals surface area (Å²) in [5, 5.41) is 2.50. The third kappa shape index (κ3) is 0.872. The van der Waals surface area contributed by atoms with Crippen molar-refractivity contribution in [3.05, 3.63) is 48.5 Å². The largest absolute Gasteiger partial charge is 0.657 e. The van der Waals surface area contributed by atoms with Gasteiger partial charge in [-0.2, -0.15) is 0 Å². The molecule has 13 heavy (non-hydrogen) atoms. The lowest BCUT2D eigenvalue weighted by Gasteiger charge is -1.96. The molecule has 0 N–H and O–H groups in total. The van der Waals surface area contributed by atoms with Crippen molar-refractivity contribution >= 4 is 21.8 Å². The van der Waals surface area contributed by atoms with E-state index in [0.717, 1.165) is 11.0 Å². The maximum absolute atomic E-state index is 4.52. The summed E-state index contributed by atoms with van der Waals surface area (Å²) in [4.78, 5) is 4.52. The molecule has 0 aliphatic carbocycles. The molecule has 0 amide bonds. The van der Waals surface area contributed by atoms with E-state index in [9.17, 15) is 0 Å². The molecule has 1 nitrogen and oxygen atoms in total. The second-order valence-electron chi connectivity index (χ2n) is 3.15. The predicted octanol–water partition coefficient (Wildman–Crippen LogP) is 2.95. The third-order valence-corrected chi connectivity index (χ3v) is 2.34. The Labute approximate surface area is 76.0 Å². The van der Waals surface area contributed by atoms with E-state index < -0.39 is 0 Å². The Morgan fingerprint density at radius 2 is 1.08 bits per heavy atom. The second kappa shape index (κ2) is 2.36. The molecule has 1 heteroatoms. The van der Waals surface area contributed by atoms with Gasteiger partial charge in [-0.05, 0) is 10.8 Å². The molecular weight excluding hydrogens is 158 g/mol. The standard InChI is InChI=1S/C12H8N/c1-3-7-11-9(5-1)10-6-2-4-8-12(10)13-11/h1-8H/q-1. The van der Waals surface area contributed by atoms with Gasteiger partial charge < -0.3 is 4.98 Å². The van der Waals surface area contributed by atoms with Crippen LogP contribution in [0.5, 0.6) is 0 Å². The molecule has 0 radical (unpaired) electrons. The van der Waals surface area contributed by atoms with Gasteiger partial charge in [0, 0.05) is 0 Å². The molecule has 3 rings (SSSR count). The third-order valence-electron chi connectivity index (χ3n) is 2.34. The van der Waals surface area contributed by atoms with E-state index in [0.29, 0.717) is 0 Å². The van der Waals surface area contributed by atoms with Crippen LogP contribution in [0.25, 0.3) is 21.8 Å². The monoisotopic (exact) mass is 166 g/mol. The Morgan fingerprint density at radius 3 is 1.62 bits per heavy atom. The number of nitrogens with zero attached hydrogens (tertiary/aromatic N) is 1. The van der Waals surface area contributed by atoms with Crippen molar-refractivity contribution < 1.29 is 0 Å². The van der Waals surface area contributed by atoms with E-state index in [4.69, 9.17) is 0 Å². The van der Waals surface area contributed by atoms with Gasteiger partial charge >= 0.3 is 0 Å². The van der Waals surface area contributed by atoms with Crippen LogP contribution >= 0.6 is 0 Å². The average Bonchev–Trinajstić information content (AvgIpc) is 2.56. The summed E-state index contributed by atoms with van der Waals surface area (Å²) in [6.07, 6.45) is 0. The first kappa shape index (κ1) is 6.72. The van der Waals surface area contributed by atoms with Gasteiger partial charge in [0.1, 0.15) is 0 Å². The summed E-state index contributed by atoms with van der Waals surface area (Å²) in [7, 11) is 0. The maximum atomic E-state index is 4.52. The number of para-hydroxylation sites is 2. The molecule has 0 atom stereocenters. The second-order valence-corrected chi connectivity index (χ2v) is 3.15.